The second kappa shape index (κ2) is 9.47. The summed E-state index contributed by atoms with van der Waals surface area (Å²) in [6.45, 7) is 3.98. The number of benzene rings is 1. The van der Waals surface area contributed by atoms with Gasteiger partial charge in [-0.15, -0.1) is 0 Å². The van der Waals surface area contributed by atoms with Crippen LogP contribution in [0.5, 0.6) is 6.01 Å². The van der Waals surface area contributed by atoms with Gasteiger partial charge in [0, 0.05) is 12.1 Å². The van der Waals surface area contributed by atoms with Gasteiger partial charge < -0.3 is 34.4 Å². The molecule has 2 unspecified atom stereocenters. The number of imidazole rings is 1. The number of ether oxygens (including phenoxy) is 4. The van der Waals surface area contributed by atoms with Crippen LogP contribution in [-0.2, 0) is 20.8 Å². The topological polar surface area (TPSA) is 111 Å². The van der Waals surface area contributed by atoms with E-state index in [-0.39, 0.29) is 60.5 Å². The lowest BCUT2D eigenvalue weighted by molar-refractivity contribution is -0.0870. The number of H-pyrrole nitrogens is 1. The predicted molar refractivity (Wildman–Crippen MR) is 123 cm³/mol. The number of fused-ring (bicyclic) bond motifs is 2. The normalized spacial score (nSPS) is 24.2. The molecule has 4 atom stereocenters. The molecule has 2 aromatic heterocycles. The zero-order valence-electron chi connectivity index (χ0n) is 19.1. The summed E-state index contributed by atoms with van der Waals surface area (Å²) in [6.07, 6.45) is -1.38. The van der Waals surface area contributed by atoms with Crippen molar-refractivity contribution >= 4 is 28.6 Å². The Balaban J connectivity index is 1.25. The number of nitrogens with zero attached hydrogens (tertiary/aromatic N) is 2. The Bertz CT molecular complexity index is 1200. The third kappa shape index (κ3) is 5.19. The Morgan fingerprint density at radius 2 is 1.86 bits per heavy atom. The molecule has 1 aromatic carbocycles. The molecule has 0 radical (unpaired) electrons. The molecule has 4 heterocycles. The van der Waals surface area contributed by atoms with Crippen molar-refractivity contribution in [2.24, 2.45) is 0 Å². The summed E-state index contributed by atoms with van der Waals surface area (Å²) < 4.78 is 51.2. The van der Waals surface area contributed by atoms with E-state index in [9.17, 15) is 13.9 Å². The first-order valence-corrected chi connectivity index (χ1v) is 11.5. The van der Waals surface area contributed by atoms with Crippen molar-refractivity contribution in [1.82, 2.24) is 15.0 Å². The van der Waals surface area contributed by atoms with E-state index >= 15 is 0 Å². The van der Waals surface area contributed by atoms with Crippen LogP contribution in [0.25, 0.3) is 11.2 Å². The molecule has 0 amide bonds. The second-order valence-electron chi connectivity index (χ2n) is 9.20. The van der Waals surface area contributed by atoms with Crippen LogP contribution in [0.1, 0.15) is 19.4 Å². The van der Waals surface area contributed by atoms with Gasteiger partial charge in [-0.1, -0.05) is 17.7 Å². The van der Waals surface area contributed by atoms with Gasteiger partial charge in [-0.25, -0.2) is 13.8 Å². The summed E-state index contributed by atoms with van der Waals surface area (Å²) in [5.41, 5.74) is -0.225. The Hall–Kier alpha value is -2.57. The Kier molecular flexibility index (Phi) is 6.53. The molecule has 2 fully saturated rings. The average molecular weight is 511 g/mol. The molecule has 0 bridgehead atoms. The Labute approximate surface area is 204 Å². The highest BCUT2D eigenvalue weighted by Crippen LogP contribution is 2.32. The molecule has 2 aliphatic rings. The zero-order valence-corrected chi connectivity index (χ0v) is 19.8. The van der Waals surface area contributed by atoms with Gasteiger partial charge in [0.2, 0.25) is 0 Å². The molecule has 2 aliphatic heterocycles. The molecule has 0 saturated carbocycles. The minimum Gasteiger partial charge on any atom is -0.456 e. The highest BCUT2D eigenvalue weighted by atomic mass is 35.5. The van der Waals surface area contributed by atoms with Gasteiger partial charge in [0.1, 0.15) is 35.8 Å². The van der Waals surface area contributed by atoms with Gasteiger partial charge in [0.25, 0.3) is 6.01 Å². The van der Waals surface area contributed by atoms with Gasteiger partial charge in [0.05, 0.1) is 36.0 Å². The fourth-order valence-corrected chi connectivity index (χ4v) is 4.29. The fourth-order valence-electron chi connectivity index (χ4n) is 4.08. The number of rotatable bonds is 8. The third-order valence-corrected chi connectivity index (χ3v) is 6.06. The van der Waals surface area contributed by atoms with E-state index in [1.807, 2.05) is 0 Å². The number of hydrogen-bond acceptors (Lipinski definition) is 8. The van der Waals surface area contributed by atoms with E-state index in [0.29, 0.717) is 17.8 Å². The lowest BCUT2D eigenvalue weighted by Crippen LogP contribution is -2.38. The van der Waals surface area contributed by atoms with Crippen LogP contribution in [0.4, 0.5) is 14.6 Å². The number of aromatic amines is 1. The van der Waals surface area contributed by atoms with Gasteiger partial charge in [-0.2, -0.15) is 4.98 Å². The van der Waals surface area contributed by atoms with Crippen LogP contribution in [0.3, 0.4) is 0 Å². The van der Waals surface area contributed by atoms with Gasteiger partial charge >= 0.3 is 0 Å². The highest BCUT2D eigenvalue weighted by molar-refractivity contribution is 6.33. The summed E-state index contributed by atoms with van der Waals surface area (Å²) in [6, 6.07) is 5.48. The van der Waals surface area contributed by atoms with Crippen LogP contribution in [0.15, 0.2) is 24.3 Å². The molecule has 188 valence electrons. The van der Waals surface area contributed by atoms with E-state index in [4.69, 9.17) is 30.5 Å². The standard InChI is InChI=1S/C23H25ClF2N4O5/c1-23(2,31)10-34-16-8-32-19-17(9-33-18(16)19)35-22-28-15-6-12(24)20(29-21(15)30-22)27-7-11-13(25)4-3-5-14(11)26/h3-6,16-19,31H,7-10H2,1-2H3,(H2,27,28,29,30)/t16-,17-,18?,19?/m1/s1. The maximum atomic E-state index is 13.9. The number of nitrogens with one attached hydrogen (secondary N) is 2. The maximum Gasteiger partial charge on any atom is 0.296 e. The van der Waals surface area contributed by atoms with Gasteiger partial charge in [-0.3, -0.25) is 0 Å². The van der Waals surface area contributed by atoms with E-state index in [0.717, 1.165) is 0 Å². The SMILES string of the molecule is CC(C)(O)CO[C@@H]1COC2C1OC[C@H]2Oc1nc2nc(NCc3c(F)cccc3F)c(Cl)cc2[nH]1. The van der Waals surface area contributed by atoms with Crippen LogP contribution in [0, 0.1) is 11.6 Å². The first-order valence-electron chi connectivity index (χ1n) is 11.1. The molecule has 3 N–H and O–H groups in total. The zero-order chi connectivity index (χ0) is 24.7. The van der Waals surface area contributed by atoms with E-state index in [1.165, 1.54) is 18.2 Å². The van der Waals surface area contributed by atoms with Crippen molar-refractivity contribution < 1.29 is 32.8 Å². The van der Waals surface area contributed by atoms with Crippen LogP contribution < -0.4 is 10.1 Å². The van der Waals surface area contributed by atoms with Crippen molar-refractivity contribution in [3.05, 3.63) is 46.5 Å². The second-order valence-corrected chi connectivity index (χ2v) is 9.61. The summed E-state index contributed by atoms with van der Waals surface area (Å²) in [7, 11) is 0. The number of halogens is 3. The number of aromatic nitrogens is 3. The first-order chi connectivity index (χ1) is 16.7. The largest absolute Gasteiger partial charge is 0.456 e. The lowest BCUT2D eigenvalue weighted by Gasteiger charge is -2.22. The minimum atomic E-state index is -0.952. The summed E-state index contributed by atoms with van der Waals surface area (Å²) >= 11 is 6.31. The number of anilines is 1. The monoisotopic (exact) mass is 510 g/mol. The van der Waals surface area contributed by atoms with E-state index < -0.39 is 23.3 Å². The van der Waals surface area contributed by atoms with Crippen LogP contribution >= 0.6 is 11.6 Å². The lowest BCUT2D eigenvalue weighted by atomic mass is 10.1. The molecular formula is C23H25ClF2N4O5. The van der Waals surface area contributed by atoms with Crippen LogP contribution in [0.2, 0.25) is 5.02 Å². The third-order valence-electron chi connectivity index (χ3n) is 5.78. The number of hydrogen-bond donors (Lipinski definition) is 3. The molecule has 0 spiro atoms. The molecule has 9 nitrogen and oxygen atoms in total. The Morgan fingerprint density at radius 1 is 1.17 bits per heavy atom. The summed E-state index contributed by atoms with van der Waals surface area (Å²) in [5.74, 6) is -1.09. The molecular weight excluding hydrogens is 486 g/mol. The molecule has 35 heavy (non-hydrogen) atoms. The predicted octanol–water partition coefficient (Wildman–Crippen LogP) is 3.20. The minimum absolute atomic E-state index is 0.117. The molecule has 3 aromatic rings. The quantitative estimate of drug-likeness (QED) is 0.424. The molecule has 0 aliphatic carbocycles. The summed E-state index contributed by atoms with van der Waals surface area (Å²) in [4.78, 5) is 11.7. The number of aliphatic hydroxyl groups is 1. The number of pyridine rings is 1. The van der Waals surface area contributed by atoms with Gasteiger partial charge in [-0.05, 0) is 32.0 Å². The first kappa shape index (κ1) is 24.1. The van der Waals surface area contributed by atoms with E-state index in [2.05, 4.69) is 20.3 Å². The average Bonchev–Trinajstić information content (AvgIpc) is 3.47. The fraction of sp³-hybridized carbons (Fsp3) is 0.478. The maximum absolute atomic E-state index is 13.9. The van der Waals surface area contributed by atoms with Crippen molar-refractivity contribution in [2.75, 3.05) is 25.1 Å². The molecule has 5 rings (SSSR count). The highest BCUT2D eigenvalue weighted by Gasteiger charge is 2.50. The smallest absolute Gasteiger partial charge is 0.296 e. The van der Waals surface area contributed by atoms with Crippen LogP contribution in [-0.4, -0.2) is 69.9 Å². The van der Waals surface area contributed by atoms with E-state index in [1.54, 1.807) is 19.9 Å². The van der Waals surface area contributed by atoms with Gasteiger partial charge in [0.15, 0.2) is 11.8 Å². The molecule has 12 heteroatoms. The van der Waals surface area contributed by atoms with Crippen molar-refractivity contribution in [3.63, 3.8) is 0 Å². The van der Waals surface area contributed by atoms with Crippen molar-refractivity contribution in [3.8, 4) is 6.01 Å². The Morgan fingerprint density at radius 3 is 2.57 bits per heavy atom. The molecule has 2 saturated heterocycles. The summed E-state index contributed by atoms with van der Waals surface area (Å²) in [5, 5.41) is 13.0. The van der Waals surface area contributed by atoms with Crippen molar-refractivity contribution in [2.45, 2.75) is 50.4 Å². The van der Waals surface area contributed by atoms with Crippen molar-refractivity contribution in [1.29, 1.82) is 0 Å².